The molecule has 0 unspecified atom stereocenters. The Labute approximate surface area is 266 Å². The first-order valence-corrected chi connectivity index (χ1v) is 14.7. The van der Waals surface area contributed by atoms with Crippen molar-refractivity contribution in [3.8, 4) is 39.3 Å². The van der Waals surface area contributed by atoms with E-state index in [1.165, 1.54) is 27.9 Å². The molecule has 0 aliphatic heterocycles. The zero-order valence-electron chi connectivity index (χ0n) is 24.8. The van der Waals surface area contributed by atoms with Crippen LogP contribution in [0.2, 0.25) is 0 Å². The van der Waals surface area contributed by atoms with Crippen LogP contribution >= 0.6 is 0 Å². The minimum atomic E-state index is 0. The third-order valence-corrected chi connectivity index (χ3v) is 8.15. The van der Waals surface area contributed by atoms with E-state index in [1.54, 1.807) is 0 Å². The van der Waals surface area contributed by atoms with E-state index >= 15 is 0 Å². The summed E-state index contributed by atoms with van der Waals surface area (Å²) in [5, 5.41) is 1.01. The molecule has 0 saturated carbocycles. The molecule has 43 heavy (non-hydrogen) atoms. The minimum absolute atomic E-state index is 0. The first-order chi connectivity index (χ1) is 20.5. The number of benzene rings is 5. The Morgan fingerprint density at radius 2 is 1.26 bits per heavy atom. The number of fused-ring (bicyclic) bond motifs is 2. The van der Waals surface area contributed by atoms with Crippen LogP contribution < -0.4 is 0 Å². The molecule has 5 aromatic carbocycles. The summed E-state index contributed by atoms with van der Waals surface area (Å²) in [4.78, 5) is 5.24. The molecule has 2 heterocycles. The number of aromatic nitrogens is 2. The maximum Gasteiger partial charge on any atom is 0.0774 e. The van der Waals surface area contributed by atoms with Gasteiger partial charge in [0.2, 0.25) is 0 Å². The summed E-state index contributed by atoms with van der Waals surface area (Å²) in [6.07, 6.45) is 3.29. The normalized spacial score (nSPS) is 11.5. The van der Waals surface area contributed by atoms with Crippen molar-refractivity contribution in [1.82, 2.24) is 9.55 Å². The number of imidazole rings is 1. The van der Waals surface area contributed by atoms with Crippen molar-refractivity contribution in [3.05, 3.63) is 133 Å². The van der Waals surface area contributed by atoms with Gasteiger partial charge in [0.25, 0.3) is 0 Å². The fourth-order valence-electron chi connectivity index (χ4n) is 6.05. The number of para-hydroxylation sites is 3. The zero-order chi connectivity index (χ0) is 28.8. The SMILES string of the molecule is CC(C)c1cc(-c2ccccc2)cc(C(C)C)c1-n1c(-c2[c-]oc3c(-c4ccccc4)cccc23)nc2ccccc21.[Ir]. The van der Waals surface area contributed by atoms with Crippen LogP contribution in [0.3, 0.4) is 0 Å². The summed E-state index contributed by atoms with van der Waals surface area (Å²) in [6, 6.07) is 40.5. The molecule has 0 spiro atoms. The Bertz CT molecular complexity index is 2010. The number of furan rings is 1. The van der Waals surface area contributed by atoms with Gasteiger partial charge in [-0.15, -0.1) is 6.07 Å². The minimum Gasteiger partial charge on any atom is -0.557 e. The number of hydrogen-bond acceptors (Lipinski definition) is 2. The fraction of sp³-hybridized carbons (Fsp3) is 0.154. The van der Waals surface area contributed by atoms with Crippen molar-refractivity contribution < 1.29 is 24.5 Å². The van der Waals surface area contributed by atoms with Gasteiger partial charge in [0.15, 0.2) is 0 Å². The molecule has 0 fully saturated rings. The zero-order valence-corrected chi connectivity index (χ0v) is 27.2. The van der Waals surface area contributed by atoms with Gasteiger partial charge in [-0.2, -0.15) is 0 Å². The summed E-state index contributed by atoms with van der Waals surface area (Å²) >= 11 is 0. The van der Waals surface area contributed by atoms with Crippen LogP contribution in [0, 0.1) is 6.26 Å². The van der Waals surface area contributed by atoms with Crippen molar-refractivity contribution >= 4 is 22.0 Å². The molecule has 0 saturated heterocycles. The van der Waals surface area contributed by atoms with Crippen LogP contribution in [-0.2, 0) is 20.1 Å². The monoisotopic (exact) mass is 738 g/mol. The van der Waals surface area contributed by atoms with Gasteiger partial charge >= 0.3 is 0 Å². The average molecular weight is 738 g/mol. The topological polar surface area (TPSA) is 31.0 Å². The molecule has 215 valence electrons. The Kier molecular flexibility index (Phi) is 7.92. The van der Waals surface area contributed by atoms with E-state index in [1.807, 2.05) is 6.07 Å². The van der Waals surface area contributed by atoms with E-state index in [9.17, 15) is 0 Å². The smallest absolute Gasteiger partial charge is 0.0774 e. The van der Waals surface area contributed by atoms with Crippen molar-refractivity contribution in [2.24, 2.45) is 0 Å². The summed E-state index contributed by atoms with van der Waals surface area (Å²) in [5.41, 5.74) is 12.1. The maximum atomic E-state index is 6.23. The summed E-state index contributed by atoms with van der Waals surface area (Å²) in [5.74, 6) is 1.44. The van der Waals surface area contributed by atoms with Crippen LogP contribution in [0.25, 0.3) is 61.3 Å². The van der Waals surface area contributed by atoms with Gasteiger partial charge in [0.1, 0.15) is 0 Å². The standard InChI is InChI=1S/C39H33N2O.Ir/c1-25(2)32-22-29(27-14-7-5-8-15-27)23-33(26(3)4)37(32)41-36-21-12-11-20-35(36)40-39(41)34-24-42-38-30(18-13-19-31(34)38)28-16-9-6-10-17-28;/h5-23,25-26H,1-4H3;/q-1;. The van der Waals surface area contributed by atoms with E-state index in [2.05, 4.69) is 148 Å². The number of nitrogens with zero attached hydrogens (tertiary/aromatic N) is 2. The third kappa shape index (κ3) is 5.05. The van der Waals surface area contributed by atoms with Crippen LogP contribution in [-0.4, -0.2) is 9.55 Å². The fourth-order valence-corrected chi connectivity index (χ4v) is 6.05. The van der Waals surface area contributed by atoms with E-state index in [0.717, 1.165) is 44.5 Å². The van der Waals surface area contributed by atoms with Gasteiger partial charge in [0, 0.05) is 37.6 Å². The van der Waals surface area contributed by atoms with Gasteiger partial charge < -0.3 is 8.98 Å². The molecular formula is C39H33IrN2O-. The third-order valence-electron chi connectivity index (χ3n) is 8.15. The molecule has 3 nitrogen and oxygen atoms in total. The Balaban J connectivity index is 0.00000329. The molecule has 0 amide bonds. The summed E-state index contributed by atoms with van der Waals surface area (Å²) in [7, 11) is 0. The van der Waals surface area contributed by atoms with Crippen LogP contribution in [0.15, 0.2) is 120 Å². The molecule has 7 aromatic rings. The van der Waals surface area contributed by atoms with Crippen LogP contribution in [0.4, 0.5) is 0 Å². The van der Waals surface area contributed by atoms with Gasteiger partial charge in [-0.05, 0) is 69.5 Å². The van der Waals surface area contributed by atoms with Gasteiger partial charge in [-0.25, -0.2) is 0 Å². The molecule has 0 atom stereocenters. The van der Waals surface area contributed by atoms with Crippen LogP contribution in [0.5, 0.6) is 0 Å². The summed E-state index contributed by atoms with van der Waals surface area (Å²) < 4.78 is 8.58. The molecular weight excluding hydrogens is 705 g/mol. The maximum absolute atomic E-state index is 6.23. The van der Waals surface area contributed by atoms with Gasteiger partial charge in [0.05, 0.1) is 16.9 Å². The molecule has 0 N–H and O–H groups in total. The van der Waals surface area contributed by atoms with Crippen LogP contribution in [0.1, 0.15) is 50.7 Å². The van der Waals surface area contributed by atoms with Gasteiger partial charge in [-0.1, -0.05) is 124 Å². The second-order valence-corrected chi connectivity index (χ2v) is 11.6. The number of hydrogen-bond donors (Lipinski definition) is 0. The molecule has 7 rings (SSSR count). The average Bonchev–Trinajstić information content (AvgIpc) is 3.62. The van der Waals surface area contributed by atoms with E-state index < -0.39 is 0 Å². The van der Waals surface area contributed by atoms with E-state index in [-0.39, 0.29) is 20.1 Å². The molecule has 0 aliphatic rings. The first kappa shape index (κ1) is 28.9. The van der Waals surface area contributed by atoms with Crippen molar-refractivity contribution in [2.45, 2.75) is 39.5 Å². The molecule has 2 aromatic heterocycles. The molecule has 0 bridgehead atoms. The first-order valence-electron chi connectivity index (χ1n) is 14.7. The molecule has 4 heteroatoms. The predicted molar refractivity (Wildman–Crippen MR) is 174 cm³/mol. The Morgan fingerprint density at radius 3 is 1.91 bits per heavy atom. The van der Waals surface area contributed by atoms with Crippen molar-refractivity contribution in [1.29, 1.82) is 0 Å². The summed E-state index contributed by atoms with van der Waals surface area (Å²) in [6.45, 7) is 9.12. The van der Waals surface area contributed by atoms with Crippen molar-refractivity contribution in [3.63, 3.8) is 0 Å². The predicted octanol–water partition coefficient (Wildman–Crippen LogP) is 10.8. The second-order valence-electron chi connectivity index (χ2n) is 11.6. The molecule has 1 radical (unpaired) electrons. The van der Waals surface area contributed by atoms with Crippen molar-refractivity contribution in [2.75, 3.05) is 0 Å². The Hall–Kier alpha value is -4.24. The largest absolute Gasteiger partial charge is 0.557 e. The second kappa shape index (κ2) is 11.8. The van der Waals surface area contributed by atoms with E-state index in [4.69, 9.17) is 9.40 Å². The Morgan fingerprint density at radius 1 is 0.651 bits per heavy atom. The van der Waals surface area contributed by atoms with Gasteiger partial charge in [-0.3, -0.25) is 4.98 Å². The quantitative estimate of drug-likeness (QED) is 0.159. The number of rotatable bonds is 6. The van der Waals surface area contributed by atoms with E-state index in [0.29, 0.717) is 11.8 Å². The molecule has 0 aliphatic carbocycles.